The number of ether oxygens (including phenoxy) is 2. The minimum absolute atomic E-state index is 0.223. The molecule has 1 aliphatic rings. The summed E-state index contributed by atoms with van der Waals surface area (Å²) in [6, 6.07) is 5.59. The zero-order valence-corrected chi connectivity index (χ0v) is 21.3. The highest BCUT2D eigenvalue weighted by Crippen LogP contribution is 2.42. The summed E-state index contributed by atoms with van der Waals surface area (Å²) < 4.78 is 10.7. The molecule has 0 radical (unpaired) electrons. The molecule has 33 heavy (non-hydrogen) atoms. The van der Waals surface area contributed by atoms with Crippen LogP contribution in [0.25, 0.3) is 0 Å². The number of hydrogen-bond donors (Lipinski definition) is 2. The molecule has 2 rings (SSSR count). The molecule has 182 valence electrons. The Labute approximate surface area is 202 Å². The van der Waals surface area contributed by atoms with Crippen molar-refractivity contribution in [2.75, 3.05) is 44.7 Å². The maximum absolute atomic E-state index is 13.0. The Morgan fingerprint density at radius 2 is 1.55 bits per heavy atom. The summed E-state index contributed by atoms with van der Waals surface area (Å²) in [5.74, 6) is -1.68. The summed E-state index contributed by atoms with van der Waals surface area (Å²) in [5, 5.41) is 7.03. The lowest BCUT2D eigenvalue weighted by atomic mass is 9.80. The highest BCUT2D eigenvalue weighted by molar-refractivity contribution is 6.31. The van der Waals surface area contributed by atoms with E-state index in [-0.39, 0.29) is 13.2 Å². The number of rotatable bonds is 11. The van der Waals surface area contributed by atoms with Crippen LogP contribution in [-0.2, 0) is 19.1 Å². The van der Waals surface area contributed by atoms with Crippen LogP contribution in [0.3, 0.4) is 0 Å². The second kappa shape index (κ2) is 12.7. The van der Waals surface area contributed by atoms with Gasteiger partial charge in [0.05, 0.1) is 30.3 Å². The molecule has 1 aromatic carbocycles. The molecule has 1 aromatic rings. The fourth-order valence-electron chi connectivity index (χ4n) is 4.04. The number of hydrogen-bond acceptors (Lipinski definition) is 7. The number of likely N-dealkylation sites (N-methyl/N-ethyl adjacent to an activating group) is 1. The van der Waals surface area contributed by atoms with Crippen LogP contribution in [0, 0.1) is 0 Å². The predicted molar refractivity (Wildman–Crippen MR) is 132 cm³/mol. The molecule has 0 saturated carbocycles. The van der Waals surface area contributed by atoms with Crippen LogP contribution in [0.4, 0.5) is 5.69 Å². The van der Waals surface area contributed by atoms with E-state index >= 15 is 0 Å². The van der Waals surface area contributed by atoms with Crippen molar-refractivity contribution in [3.63, 3.8) is 0 Å². The lowest BCUT2D eigenvalue weighted by molar-refractivity contribution is -0.139. The molecule has 0 bridgehead atoms. The number of esters is 2. The Hall–Kier alpha value is -2.51. The van der Waals surface area contributed by atoms with E-state index in [0.29, 0.717) is 33.1 Å². The molecule has 0 amide bonds. The molecular formula is C25H36ClN3O4. The van der Waals surface area contributed by atoms with Crippen molar-refractivity contribution in [1.82, 2.24) is 10.2 Å². The monoisotopic (exact) mass is 477 g/mol. The Morgan fingerprint density at radius 1 is 1.00 bits per heavy atom. The number of halogens is 1. The first-order chi connectivity index (χ1) is 15.8. The van der Waals surface area contributed by atoms with Gasteiger partial charge in [-0.1, -0.05) is 25.4 Å². The quantitative estimate of drug-likeness (QED) is 0.455. The van der Waals surface area contributed by atoms with E-state index in [2.05, 4.69) is 29.4 Å². The van der Waals surface area contributed by atoms with Crippen molar-refractivity contribution in [2.24, 2.45) is 0 Å². The Bertz CT molecular complexity index is 882. The van der Waals surface area contributed by atoms with Gasteiger partial charge in [-0.25, -0.2) is 9.59 Å². The molecule has 7 nitrogen and oxygen atoms in total. The number of anilines is 1. The third-order valence-corrected chi connectivity index (χ3v) is 6.05. The van der Waals surface area contributed by atoms with Crippen molar-refractivity contribution in [3.8, 4) is 0 Å². The lowest BCUT2D eigenvalue weighted by Crippen LogP contribution is -2.32. The van der Waals surface area contributed by atoms with Crippen molar-refractivity contribution >= 4 is 29.2 Å². The van der Waals surface area contributed by atoms with Gasteiger partial charge >= 0.3 is 11.9 Å². The summed E-state index contributed by atoms with van der Waals surface area (Å²) in [4.78, 5) is 28.3. The van der Waals surface area contributed by atoms with E-state index in [1.54, 1.807) is 33.8 Å². The van der Waals surface area contributed by atoms with Crippen LogP contribution in [0.15, 0.2) is 40.7 Å². The zero-order chi connectivity index (χ0) is 24.5. The number of carbonyl (C=O) groups excluding carboxylic acids is 2. The minimum Gasteiger partial charge on any atom is -0.463 e. The molecule has 0 saturated heterocycles. The number of carbonyl (C=O) groups is 2. The first-order valence-electron chi connectivity index (χ1n) is 11.6. The standard InChI is InChI=1S/C25H36ClN3O4/c1-7-29(8-2)14-13-27-18-11-12-20(26)19(15-18)23-21(24(30)32-9-3)16(5)28-17(6)22(23)25(31)33-10-4/h11-12,15,23,27-28H,7-10,13-14H2,1-6H3. The van der Waals surface area contributed by atoms with Crippen molar-refractivity contribution in [1.29, 1.82) is 0 Å². The topological polar surface area (TPSA) is 79.9 Å². The summed E-state index contributed by atoms with van der Waals surface area (Å²) in [7, 11) is 0. The maximum atomic E-state index is 13.0. The SMILES string of the molecule is CCOC(=O)C1=C(C)NC(C)=C(C(=O)OCC)C1c1cc(NCCN(CC)CC)ccc1Cl. The number of allylic oxidation sites excluding steroid dienone is 2. The summed E-state index contributed by atoms with van der Waals surface area (Å²) in [6.07, 6.45) is 0. The molecule has 8 heteroatoms. The van der Waals surface area contributed by atoms with E-state index in [4.69, 9.17) is 21.1 Å². The summed E-state index contributed by atoms with van der Waals surface area (Å²) >= 11 is 6.64. The van der Waals surface area contributed by atoms with E-state index in [1.807, 2.05) is 12.1 Å². The average molecular weight is 478 g/mol. The minimum atomic E-state index is -0.707. The molecule has 0 aromatic heterocycles. The first-order valence-corrected chi connectivity index (χ1v) is 11.9. The molecule has 0 atom stereocenters. The fourth-order valence-corrected chi connectivity index (χ4v) is 4.26. The van der Waals surface area contributed by atoms with Crippen LogP contribution >= 0.6 is 11.6 Å². The van der Waals surface area contributed by atoms with Crippen LogP contribution in [0.1, 0.15) is 53.0 Å². The van der Waals surface area contributed by atoms with Gasteiger partial charge in [0.15, 0.2) is 0 Å². The van der Waals surface area contributed by atoms with Crippen molar-refractivity contribution in [3.05, 3.63) is 51.3 Å². The van der Waals surface area contributed by atoms with E-state index in [0.717, 1.165) is 31.9 Å². The summed E-state index contributed by atoms with van der Waals surface area (Å²) in [5.41, 5.74) is 3.47. The Morgan fingerprint density at radius 3 is 2.03 bits per heavy atom. The number of benzene rings is 1. The van der Waals surface area contributed by atoms with Crippen LogP contribution in [-0.4, -0.2) is 56.2 Å². The third-order valence-electron chi connectivity index (χ3n) is 5.71. The average Bonchev–Trinajstić information content (AvgIpc) is 2.77. The Kier molecular flexibility index (Phi) is 10.3. The van der Waals surface area contributed by atoms with Crippen LogP contribution in [0.2, 0.25) is 5.02 Å². The van der Waals surface area contributed by atoms with Gasteiger partial charge in [0.2, 0.25) is 0 Å². The van der Waals surface area contributed by atoms with Gasteiger partial charge in [-0.15, -0.1) is 0 Å². The smallest absolute Gasteiger partial charge is 0.336 e. The van der Waals surface area contributed by atoms with E-state index in [1.165, 1.54) is 0 Å². The van der Waals surface area contributed by atoms with E-state index in [9.17, 15) is 9.59 Å². The third kappa shape index (κ3) is 6.51. The largest absolute Gasteiger partial charge is 0.463 e. The van der Waals surface area contributed by atoms with Crippen LogP contribution in [0.5, 0.6) is 0 Å². The highest BCUT2D eigenvalue weighted by Gasteiger charge is 2.39. The lowest BCUT2D eigenvalue weighted by Gasteiger charge is -2.31. The second-order valence-electron chi connectivity index (χ2n) is 7.77. The molecule has 0 fully saturated rings. The zero-order valence-electron chi connectivity index (χ0n) is 20.5. The van der Waals surface area contributed by atoms with E-state index < -0.39 is 17.9 Å². The predicted octanol–water partition coefficient (Wildman–Crippen LogP) is 4.45. The number of dihydropyridines is 1. The first kappa shape index (κ1) is 26.7. The van der Waals surface area contributed by atoms with Crippen molar-refractivity contribution in [2.45, 2.75) is 47.5 Å². The fraction of sp³-hybridized carbons (Fsp3) is 0.520. The maximum Gasteiger partial charge on any atom is 0.336 e. The second-order valence-corrected chi connectivity index (χ2v) is 8.17. The molecule has 1 heterocycles. The number of nitrogens with one attached hydrogen (secondary N) is 2. The normalized spacial score (nSPS) is 14.4. The summed E-state index contributed by atoms with van der Waals surface area (Å²) in [6.45, 7) is 15.4. The van der Waals surface area contributed by atoms with Gasteiger partial charge in [-0.05, 0) is 64.5 Å². The van der Waals surface area contributed by atoms with Gasteiger partial charge in [-0.3, -0.25) is 0 Å². The van der Waals surface area contributed by atoms with Crippen molar-refractivity contribution < 1.29 is 19.1 Å². The van der Waals surface area contributed by atoms with Gasteiger partial charge < -0.3 is 25.0 Å². The van der Waals surface area contributed by atoms with Crippen LogP contribution < -0.4 is 10.6 Å². The van der Waals surface area contributed by atoms with Gasteiger partial charge in [0.1, 0.15) is 0 Å². The molecule has 0 unspecified atom stereocenters. The van der Waals surface area contributed by atoms with Gasteiger partial charge in [0, 0.05) is 35.2 Å². The molecule has 1 aliphatic heterocycles. The Balaban J connectivity index is 2.52. The molecule has 0 aliphatic carbocycles. The highest BCUT2D eigenvalue weighted by atomic mass is 35.5. The molecular weight excluding hydrogens is 442 g/mol. The number of nitrogens with zero attached hydrogens (tertiary/aromatic N) is 1. The molecule has 0 spiro atoms. The van der Waals surface area contributed by atoms with Gasteiger partial charge in [0.25, 0.3) is 0 Å². The molecule has 2 N–H and O–H groups in total. The van der Waals surface area contributed by atoms with Gasteiger partial charge in [-0.2, -0.15) is 0 Å².